The summed E-state index contributed by atoms with van der Waals surface area (Å²) in [5.74, 6) is 0.442. The van der Waals surface area contributed by atoms with Gasteiger partial charge in [0.15, 0.2) is 0 Å². The molecule has 1 amide bonds. The number of halogens is 1. The lowest BCUT2D eigenvalue weighted by molar-refractivity contribution is 0.0770. The number of H-pyrrole nitrogens is 1. The molecule has 1 aliphatic rings. The number of pyridine rings is 2. The summed E-state index contributed by atoms with van der Waals surface area (Å²) in [4.78, 5) is 31.8. The van der Waals surface area contributed by atoms with Crippen LogP contribution in [-0.2, 0) is 0 Å². The minimum absolute atomic E-state index is 0.0691. The topological polar surface area (TPSA) is 75.3 Å². The Hall–Kier alpha value is -2.15. The molecule has 1 N–H and O–H groups in total. The first-order valence-electron chi connectivity index (χ1n) is 6.88. The average Bonchev–Trinajstić information content (AvgIpc) is 2.98. The van der Waals surface area contributed by atoms with Gasteiger partial charge < -0.3 is 14.6 Å². The fourth-order valence-electron chi connectivity index (χ4n) is 2.34. The van der Waals surface area contributed by atoms with E-state index in [1.165, 1.54) is 18.3 Å². The Labute approximate surface area is 135 Å². The zero-order valence-electron chi connectivity index (χ0n) is 11.7. The normalized spacial score (nSPS) is 17.5. The predicted octanol–water partition coefficient (Wildman–Crippen LogP) is 1.83. The van der Waals surface area contributed by atoms with Crippen molar-refractivity contribution in [2.45, 2.75) is 12.5 Å². The highest BCUT2D eigenvalue weighted by atomic mass is 79.9. The second-order valence-corrected chi connectivity index (χ2v) is 5.95. The highest BCUT2D eigenvalue weighted by Gasteiger charge is 2.28. The van der Waals surface area contributed by atoms with Gasteiger partial charge in [-0.3, -0.25) is 9.59 Å². The Balaban J connectivity index is 1.62. The van der Waals surface area contributed by atoms with Crippen molar-refractivity contribution in [1.29, 1.82) is 0 Å². The summed E-state index contributed by atoms with van der Waals surface area (Å²) in [6.07, 6.45) is 3.80. The molecule has 0 aliphatic carbocycles. The van der Waals surface area contributed by atoms with Gasteiger partial charge in [0, 0.05) is 42.0 Å². The van der Waals surface area contributed by atoms with Crippen LogP contribution in [0.5, 0.6) is 5.88 Å². The largest absolute Gasteiger partial charge is 0.472 e. The van der Waals surface area contributed by atoms with Crippen LogP contribution in [0.15, 0.2) is 45.9 Å². The van der Waals surface area contributed by atoms with Gasteiger partial charge in [0.1, 0.15) is 6.10 Å². The van der Waals surface area contributed by atoms with Gasteiger partial charge in [-0.2, -0.15) is 0 Å². The molecule has 114 valence electrons. The SMILES string of the molecule is O=C(c1ccc(=O)[nH]c1)N1CCC(Oc2ccc(Br)cn2)C1. The van der Waals surface area contributed by atoms with Crippen LogP contribution in [0.3, 0.4) is 0 Å². The molecule has 1 fully saturated rings. The van der Waals surface area contributed by atoms with Crippen LogP contribution in [-0.4, -0.2) is 40.0 Å². The number of ether oxygens (including phenoxy) is 1. The first kappa shape index (κ1) is 14.8. The quantitative estimate of drug-likeness (QED) is 0.902. The van der Waals surface area contributed by atoms with Gasteiger partial charge in [-0.1, -0.05) is 0 Å². The van der Waals surface area contributed by atoms with Crippen LogP contribution < -0.4 is 10.3 Å². The van der Waals surface area contributed by atoms with Gasteiger partial charge in [-0.15, -0.1) is 0 Å². The molecule has 6 nitrogen and oxygen atoms in total. The predicted molar refractivity (Wildman–Crippen MR) is 83.9 cm³/mol. The van der Waals surface area contributed by atoms with Crippen LogP contribution in [0.1, 0.15) is 16.8 Å². The lowest BCUT2D eigenvalue weighted by Crippen LogP contribution is -2.31. The smallest absolute Gasteiger partial charge is 0.255 e. The molecular weight excluding hydrogens is 350 g/mol. The molecular formula is C15H14BrN3O3. The van der Waals surface area contributed by atoms with Crippen LogP contribution >= 0.6 is 15.9 Å². The van der Waals surface area contributed by atoms with Crippen molar-refractivity contribution in [3.05, 3.63) is 57.0 Å². The lowest BCUT2D eigenvalue weighted by atomic mass is 10.2. The fourth-order valence-corrected chi connectivity index (χ4v) is 2.57. The molecule has 1 saturated heterocycles. The maximum Gasteiger partial charge on any atom is 0.255 e. The molecule has 0 aromatic carbocycles. The van der Waals surface area contributed by atoms with Crippen molar-refractivity contribution >= 4 is 21.8 Å². The molecule has 7 heteroatoms. The van der Waals surface area contributed by atoms with Gasteiger partial charge in [-0.25, -0.2) is 4.98 Å². The second kappa shape index (κ2) is 6.31. The van der Waals surface area contributed by atoms with E-state index < -0.39 is 0 Å². The third kappa shape index (κ3) is 3.36. The Morgan fingerprint density at radius 1 is 1.36 bits per heavy atom. The monoisotopic (exact) mass is 363 g/mol. The minimum Gasteiger partial charge on any atom is -0.472 e. The number of aromatic amines is 1. The van der Waals surface area contributed by atoms with Gasteiger partial charge in [-0.05, 0) is 28.1 Å². The molecule has 3 rings (SSSR count). The molecule has 0 bridgehead atoms. The summed E-state index contributed by atoms with van der Waals surface area (Å²) < 4.78 is 6.67. The highest BCUT2D eigenvalue weighted by Crippen LogP contribution is 2.19. The molecule has 0 saturated carbocycles. The number of carbonyl (C=O) groups excluding carboxylic acids is 1. The first-order chi connectivity index (χ1) is 10.6. The number of aromatic nitrogens is 2. The Bertz CT molecular complexity index is 709. The van der Waals surface area contributed by atoms with E-state index in [9.17, 15) is 9.59 Å². The van der Waals surface area contributed by atoms with E-state index in [2.05, 4.69) is 25.9 Å². The number of hydrogen-bond donors (Lipinski definition) is 1. The van der Waals surface area contributed by atoms with Crippen molar-refractivity contribution in [3.63, 3.8) is 0 Å². The zero-order valence-corrected chi connectivity index (χ0v) is 13.2. The Morgan fingerprint density at radius 3 is 2.91 bits per heavy atom. The maximum atomic E-state index is 12.3. The Morgan fingerprint density at radius 2 is 2.23 bits per heavy atom. The third-order valence-corrected chi connectivity index (χ3v) is 3.92. The number of rotatable bonds is 3. The van der Waals surface area contributed by atoms with E-state index in [0.717, 1.165) is 10.9 Å². The van der Waals surface area contributed by atoms with E-state index in [0.29, 0.717) is 24.5 Å². The van der Waals surface area contributed by atoms with E-state index in [1.54, 1.807) is 17.2 Å². The molecule has 0 radical (unpaired) electrons. The minimum atomic E-state index is -0.222. The molecule has 1 atom stereocenters. The molecule has 3 heterocycles. The van der Waals surface area contributed by atoms with Crippen LogP contribution in [0.25, 0.3) is 0 Å². The summed E-state index contributed by atoms with van der Waals surface area (Å²) in [5.41, 5.74) is 0.252. The highest BCUT2D eigenvalue weighted by molar-refractivity contribution is 9.10. The molecule has 22 heavy (non-hydrogen) atoms. The van der Waals surface area contributed by atoms with E-state index in [4.69, 9.17) is 4.74 Å². The number of amides is 1. The zero-order chi connectivity index (χ0) is 15.5. The van der Waals surface area contributed by atoms with Crippen LogP contribution in [0, 0.1) is 0 Å². The van der Waals surface area contributed by atoms with Crippen molar-refractivity contribution in [2.75, 3.05) is 13.1 Å². The summed E-state index contributed by atoms with van der Waals surface area (Å²) in [7, 11) is 0. The second-order valence-electron chi connectivity index (χ2n) is 5.04. The van der Waals surface area contributed by atoms with E-state index in [-0.39, 0.29) is 17.6 Å². The molecule has 0 spiro atoms. The van der Waals surface area contributed by atoms with E-state index in [1.807, 2.05) is 6.07 Å². The summed E-state index contributed by atoms with van der Waals surface area (Å²) in [6.45, 7) is 1.13. The summed E-state index contributed by atoms with van der Waals surface area (Å²) in [5, 5.41) is 0. The van der Waals surface area contributed by atoms with Gasteiger partial charge in [0.25, 0.3) is 5.91 Å². The summed E-state index contributed by atoms with van der Waals surface area (Å²) in [6, 6.07) is 6.53. The number of nitrogens with one attached hydrogen (secondary N) is 1. The van der Waals surface area contributed by atoms with Crippen LogP contribution in [0.2, 0.25) is 0 Å². The molecule has 1 aliphatic heterocycles. The van der Waals surface area contributed by atoms with Crippen molar-refractivity contribution < 1.29 is 9.53 Å². The van der Waals surface area contributed by atoms with E-state index >= 15 is 0 Å². The average molecular weight is 364 g/mol. The first-order valence-corrected chi connectivity index (χ1v) is 7.67. The number of carbonyl (C=O) groups is 1. The van der Waals surface area contributed by atoms with Gasteiger partial charge in [0.05, 0.1) is 12.1 Å². The molecule has 2 aromatic rings. The number of nitrogens with zero attached hydrogens (tertiary/aromatic N) is 2. The standard InChI is InChI=1S/C15H14BrN3O3/c16-11-2-4-14(18-8-11)22-12-5-6-19(9-12)15(21)10-1-3-13(20)17-7-10/h1-4,7-8,12H,5-6,9H2,(H,17,20). The molecule has 2 aromatic heterocycles. The van der Waals surface area contributed by atoms with Crippen molar-refractivity contribution in [3.8, 4) is 5.88 Å². The number of likely N-dealkylation sites (tertiary alicyclic amines) is 1. The molecule has 1 unspecified atom stereocenters. The fraction of sp³-hybridized carbons (Fsp3) is 0.267. The number of hydrogen-bond acceptors (Lipinski definition) is 4. The van der Waals surface area contributed by atoms with Crippen molar-refractivity contribution in [2.24, 2.45) is 0 Å². The van der Waals surface area contributed by atoms with Crippen LogP contribution in [0.4, 0.5) is 0 Å². The third-order valence-electron chi connectivity index (χ3n) is 3.45. The van der Waals surface area contributed by atoms with Crippen molar-refractivity contribution in [1.82, 2.24) is 14.9 Å². The van der Waals surface area contributed by atoms with Gasteiger partial charge >= 0.3 is 0 Å². The van der Waals surface area contributed by atoms with Gasteiger partial charge in [0.2, 0.25) is 11.4 Å². The lowest BCUT2D eigenvalue weighted by Gasteiger charge is -2.16. The maximum absolute atomic E-state index is 12.3. The summed E-state index contributed by atoms with van der Waals surface area (Å²) >= 11 is 3.32. The Kier molecular flexibility index (Phi) is 4.24.